The van der Waals surface area contributed by atoms with Gasteiger partial charge in [0.05, 0.1) is 17.7 Å². The van der Waals surface area contributed by atoms with Gasteiger partial charge in [-0.2, -0.15) is 0 Å². The molecule has 0 bridgehead atoms. The third-order valence-corrected chi connectivity index (χ3v) is 8.39. The van der Waals surface area contributed by atoms with Crippen molar-refractivity contribution in [2.24, 2.45) is 0 Å². The van der Waals surface area contributed by atoms with Crippen LogP contribution in [0, 0.1) is 6.92 Å². The molecule has 3 aromatic carbocycles. The van der Waals surface area contributed by atoms with Gasteiger partial charge in [-0.3, -0.25) is 13.9 Å². The molecular formula is C31H39N3O5S. The maximum Gasteiger partial charge on any atom is 0.264 e. The number of nitrogens with one attached hydrogen (secondary N) is 1. The van der Waals surface area contributed by atoms with E-state index in [4.69, 9.17) is 4.74 Å². The van der Waals surface area contributed by atoms with Gasteiger partial charge in [0, 0.05) is 19.2 Å². The fraction of sp³-hybridized carbons (Fsp3) is 0.355. The first-order chi connectivity index (χ1) is 19.2. The van der Waals surface area contributed by atoms with Gasteiger partial charge in [-0.25, -0.2) is 8.42 Å². The number of rotatable bonds is 14. The third-order valence-electron chi connectivity index (χ3n) is 6.60. The Morgan fingerprint density at radius 2 is 1.68 bits per heavy atom. The van der Waals surface area contributed by atoms with E-state index < -0.39 is 28.5 Å². The van der Waals surface area contributed by atoms with Crippen LogP contribution in [0.2, 0.25) is 0 Å². The number of nitrogens with zero attached hydrogens (tertiary/aromatic N) is 2. The summed E-state index contributed by atoms with van der Waals surface area (Å²) in [6.45, 7) is 6.03. The molecule has 0 spiro atoms. The normalized spacial score (nSPS) is 11.9. The van der Waals surface area contributed by atoms with Crippen LogP contribution >= 0.6 is 0 Å². The summed E-state index contributed by atoms with van der Waals surface area (Å²) >= 11 is 0. The molecule has 0 radical (unpaired) electrons. The molecule has 0 aliphatic heterocycles. The zero-order chi connectivity index (χ0) is 29.1. The van der Waals surface area contributed by atoms with Crippen molar-refractivity contribution in [1.29, 1.82) is 0 Å². The predicted molar refractivity (Wildman–Crippen MR) is 158 cm³/mol. The van der Waals surface area contributed by atoms with E-state index in [-0.39, 0.29) is 23.0 Å². The lowest BCUT2D eigenvalue weighted by Crippen LogP contribution is -2.52. The molecule has 0 heterocycles. The second-order valence-electron chi connectivity index (χ2n) is 9.61. The number of sulfonamides is 1. The molecule has 0 saturated carbocycles. The van der Waals surface area contributed by atoms with Crippen LogP contribution in [0.15, 0.2) is 83.8 Å². The maximum atomic E-state index is 14.1. The van der Waals surface area contributed by atoms with Gasteiger partial charge in [0.2, 0.25) is 11.8 Å². The van der Waals surface area contributed by atoms with Crippen LogP contribution in [-0.4, -0.2) is 51.4 Å². The molecular weight excluding hydrogens is 526 g/mol. The van der Waals surface area contributed by atoms with Crippen molar-refractivity contribution < 1.29 is 22.7 Å². The van der Waals surface area contributed by atoms with Crippen molar-refractivity contribution in [3.05, 3.63) is 90.0 Å². The number of ether oxygens (including phenoxy) is 1. The average Bonchev–Trinajstić information content (AvgIpc) is 2.96. The number of hydrogen-bond donors (Lipinski definition) is 1. The Balaban J connectivity index is 2.04. The first-order valence-corrected chi connectivity index (χ1v) is 15.0. The van der Waals surface area contributed by atoms with E-state index in [9.17, 15) is 18.0 Å². The van der Waals surface area contributed by atoms with Crippen molar-refractivity contribution in [2.75, 3.05) is 24.5 Å². The summed E-state index contributed by atoms with van der Waals surface area (Å²) < 4.78 is 34.2. The molecule has 0 aromatic heterocycles. The standard InChI is InChI=1S/C31H39N3O5S/c1-5-7-19-32-31(36)29(6-2)33(22-25-14-11-13-24(3)20-25)30(35)23-34(26-15-12-16-27(21-26)39-4)40(37,38)28-17-9-8-10-18-28/h8-18,20-21,29H,5-7,19,22-23H2,1-4H3,(H,32,36)/t29-/m1/s1. The molecule has 3 rings (SSSR count). The summed E-state index contributed by atoms with van der Waals surface area (Å²) in [6.07, 6.45) is 2.13. The average molecular weight is 566 g/mol. The van der Waals surface area contributed by atoms with Gasteiger partial charge in [-0.1, -0.05) is 74.4 Å². The van der Waals surface area contributed by atoms with Gasteiger partial charge in [-0.05, 0) is 49.6 Å². The number of unbranched alkanes of at least 4 members (excludes halogenated alkanes) is 1. The molecule has 0 unspecified atom stereocenters. The predicted octanol–water partition coefficient (Wildman–Crippen LogP) is 4.92. The zero-order valence-corrected chi connectivity index (χ0v) is 24.5. The van der Waals surface area contributed by atoms with Crippen LogP contribution in [-0.2, 0) is 26.2 Å². The molecule has 0 fully saturated rings. The van der Waals surface area contributed by atoms with Crippen molar-refractivity contribution in [3.63, 3.8) is 0 Å². The number of anilines is 1. The molecule has 214 valence electrons. The zero-order valence-electron chi connectivity index (χ0n) is 23.7. The van der Waals surface area contributed by atoms with Gasteiger partial charge in [0.15, 0.2) is 0 Å². The maximum absolute atomic E-state index is 14.1. The van der Waals surface area contributed by atoms with Crippen LogP contribution in [0.25, 0.3) is 0 Å². The Morgan fingerprint density at radius 3 is 2.33 bits per heavy atom. The second kappa shape index (κ2) is 14.5. The Hall–Kier alpha value is -3.85. The van der Waals surface area contributed by atoms with E-state index in [1.54, 1.807) is 42.5 Å². The summed E-state index contributed by atoms with van der Waals surface area (Å²) in [5, 5.41) is 2.94. The Morgan fingerprint density at radius 1 is 0.950 bits per heavy atom. The van der Waals surface area contributed by atoms with Crippen LogP contribution < -0.4 is 14.4 Å². The molecule has 0 aliphatic rings. The minimum Gasteiger partial charge on any atom is -0.497 e. The van der Waals surface area contributed by atoms with Crippen molar-refractivity contribution in [2.45, 2.75) is 57.5 Å². The van der Waals surface area contributed by atoms with Crippen LogP contribution in [0.4, 0.5) is 5.69 Å². The van der Waals surface area contributed by atoms with Crippen molar-refractivity contribution in [1.82, 2.24) is 10.2 Å². The van der Waals surface area contributed by atoms with Crippen LogP contribution in [0.5, 0.6) is 5.75 Å². The van der Waals surface area contributed by atoms with Crippen molar-refractivity contribution in [3.8, 4) is 5.75 Å². The number of carbonyl (C=O) groups excluding carboxylic acids is 2. The Bertz CT molecular complexity index is 1380. The summed E-state index contributed by atoms with van der Waals surface area (Å²) in [4.78, 5) is 28.9. The van der Waals surface area contributed by atoms with E-state index in [0.29, 0.717) is 18.7 Å². The van der Waals surface area contributed by atoms with E-state index >= 15 is 0 Å². The fourth-order valence-corrected chi connectivity index (χ4v) is 5.87. The number of benzene rings is 3. The van der Waals surface area contributed by atoms with Gasteiger partial charge in [0.25, 0.3) is 10.0 Å². The van der Waals surface area contributed by atoms with E-state index in [2.05, 4.69) is 5.32 Å². The number of amides is 2. The van der Waals surface area contributed by atoms with Crippen molar-refractivity contribution >= 4 is 27.5 Å². The monoisotopic (exact) mass is 565 g/mol. The highest BCUT2D eigenvalue weighted by atomic mass is 32.2. The smallest absolute Gasteiger partial charge is 0.264 e. The Labute approximate surface area is 238 Å². The second-order valence-corrected chi connectivity index (χ2v) is 11.5. The van der Waals surface area contributed by atoms with Gasteiger partial charge in [-0.15, -0.1) is 0 Å². The highest BCUT2D eigenvalue weighted by Crippen LogP contribution is 2.27. The largest absolute Gasteiger partial charge is 0.497 e. The highest BCUT2D eigenvalue weighted by Gasteiger charge is 2.33. The summed E-state index contributed by atoms with van der Waals surface area (Å²) in [5.74, 6) is -0.284. The minimum atomic E-state index is -4.13. The number of carbonyl (C=O) groups is 2. The molecule has 8 nitrogen and oxygen atoms in total. The van der Waals surface area contributed by atoms with Crippen LogP contribution in [0.3, 0.4) is 0 Å². The summed E-state index contributed by atoms with van der Waals surface area (Å²) in [7, 11) is -2.63. The van der Waals surface area contributed by atoms with Gasteiger partial charge >= 0.3 is 0 Å². The van der Waals surface area contributed by atoms with E-state index in [1.807, 2.05) is 45.0 Å². The molecule has 0 aliphatic carbocycles. The molecule has 0 saturated heterocycles. The van der Waals surface area contributed by atoms with Gasteiger partial charge in [0.1, 0.15) is 18.3 Å². The minimum absolute atomic E-state index is 0.0557. The highest BCUT2D eigenvalue weighted by molar-refractivity contribution is 7.92. The summed E-state index contributed by atoms with van der Waals surface area (Å²) in [6, 6.07) is 21.5. The molecule has 1 N–H and O–H groups in total. The SMILES string of the molecule is CCCCNC(=O)[C@@H](CC)N(Cc1cccc(C)c1)C(=O)CN(c1cccc(OC)c1)S(=O)(=O)c1ccccc1. The van der Waals surface area contributed by atoms with Gasteiger partial charge < -0.3 is 15.0 Å². The molecule has 1 atom stereocenters. The first-order valence-electron chi connectivity index (χ1n) is 13.6. The molecule has 3 aromatic rings. The topological polar surface area (TPSA) is 96.0 Å². The number of aryl methyl sites for hydroxylation is 1. The lowest BCUT2D eigenvalue weighted by atomic mass is 10.1. The fourth-order valence-electron chi connectivity index (χ4n) is 4.45. The first kappa shape index (κ1) is 30.7. The molecule has 40 heavy (non-hydrogen) atoms. The van der Waals surface area contributed by atoms with E-state index in [0.717, 1.165) is 28.3 Å². The van der Waals surface area contributed by atoms with Crippen LogP contribution in [0.1, 0.15) is 44.2 Å². The number of methoxy groups -OCH3 is 1. The quantitative estimate of drug-likeness (QED) is 0.280. The third kappa shape index (κ3) is 7.85. The molecule has 2 amide bonds. The lowest BCUT2D eigenvalue weighted by Gasteiger charge is -2.33. The lowest BCUT2D eigenvalue weighted by molar-refractivity contribution is -0.140. The summed E-state index contributed by atoms with van der Waals surface area (Å²) in [5.41, 5.74) is 2.16. The Kier molecular flexibility index (Phi) is 11.1. The molecule has 9 heteroatoms. The van der Waals surface area contributed by atoms with E-state index in [1.165, 1.54) is 24.1 Å². The number of hydrogen-bond acceptors (Lipinski definition) is 5.